The van der Waals surface area contributed by atoms with Crippen molar-refractivity contribution in [1.82, 2.24) is 15.0 Å². The average Bonchev–Trinajstić information content (AvgIpc) is 3.22. The van der Waals surface area contributed by atoms with Gasteiger partial charge >= 0.3 is 0 Å². The van der Waals surface area contributed by atoms with Crippen molar-refractivity contribution in [2.75, 3.05) is 15.8 Å². The summed E-state index contributed by atoms with van der Waals surface area (Å²) in [5.41, 5.74) is -0.588. The number of nitrogens with zero attached hydrogens (tertiary/aromatic N) is 2. The van der Waals surface area contributed by atoms with Crippen molar-refractivity contribution < 1.29 is 27.0 Å². The van der Waals surface area contributed by atoms with Crippen LogP contribution in [0.5, 0.6) is 0 Å². The number of anilines is 3. The number of hydrogen-bond donors (Lipinski definition) is 3. The zero-order valence-corrected chi connectivity index (χ0v) is 18.1. The number of halogens is 2. The molecule has 0 unspecified atom stereocenters. The Morgan fingerprint density at radius 1 is 1.21 bits per heavy atom. The van der Waals surface area contributed by atoms with Crippen molar-refractivity contribution in [1.29, 1.82) is 0 Å². The predicted octanol–water partition coefficient (Wildman–Crippen LogP) is 3.18. The summed E-state index contributed by atoms with van der Waals surface area (Å²) >= 11 is 0. The number of carbonyl (C=O) groups is 1. The van der Waals surface area contributed by atoms with Gasteiger partial charge < -0.3 is 10.3 Å². The summed E-state index contributed by atoms with van der Waals surface area (Å²) in [4.78, 5) is 27.2. The second kappa shape index (κ2) is 8.90. The van der Waals surface area contributed by atoms with Gasteiger partial charge in [0.05, 0.1) is 28.0 Å². The van der Waals surface area contributed by atoms with Gasteiger partial charge in [0.2, 0.25) is 15.8 Å². The topological polar surface area (TPSA) is 131 Å². The Morgan fingerprint density at radius 2 is 2.03 bits per heavy atom. The van der Waals surface area contributed by atoms with Crippen molar-refractivity contribution in [3.05, 3.63) is 71.9 Å². The molecule has 170 valence electrons. The highest BCUT2D eigenvalue weighted by atomic mass is 32.2. The van der Waals surface area contributed by atoms with Gasteiger partial charge in [-0.2, -0.15) is 0 Å². The summed E-state index contributed by atoms with van der Waals surface area (Å²) in [7, 11) is -3.86. The maximum atomic E-state index is 15.1. The summed E-state index contributed by atoms with van der Waals surface area (Å²) in [6.45, 7) is 1.65. The minimum Gasteiger partial charge on any atom is -0.345 e. The highest BCUT2D eigenvalue weighted by Gasteiger charge is 2.27. The summed E-state index contributed by atoms with van der Waals surface area (Å²) in [5.74, 6) is -3.44. The van der Waals surface area contributed by atoms with E-state index in [-0.39, 0.29) is 28.2 Å². The fraction of sp³-hybridized carbons (Fsp3) is 0.143. The van der Waals surface area contributed by atoms with Gasteiger partial charge in [0, 0.05) is 12.3 Å². The molecule has 0 aliphatic carbocycles. The number of sulfonamides is 1. The number of hydrogen-bond acceptors (Lipinski definition) is 6. The fourth-order valence-electron chi connectivity index (χ4n) is 3.31. The first kappa shape index (κ1) is 22.3. The number of pyridine rings is 1. The van der Waals surface area contributed by atoms with Gasteiger partial charge in [0.1, 0.15) is 29.3 Å². The first-order chi connectivity index (χ1) is 15.8. The lowest BCUT2D eigenvalue weighted by Gasteiger charge is -2.12. The molecule has 0 saturated heterocycles. The third-order valence-corrected chi connectivity index (χ3v) is 6.22. The number of rotatable bonds is 8. The molecule has 0 bridgehead atoms. The zero-order valence-electron chi connectivity index (χ0n) is 17.3. The van der Waals surface area contributed by atoms with Crippen molar-refractivity contribution in [2.45, 2.75) is 13.3 Å². The number of aromatic amines is 2. The maximum Gasteiger partial charge on any atom is 0.232 e. The van der Waals surface area contributed by atoms with Gasteiger partial charge in [-0.05, 0) is 24.6 Å². The molecule has 0 atom stereocenters. The lowest BCUT2D eigenvalue weighted by atomic mass is 10.0. The first-order valence-electron chi connectivity index (χ1n) is 9.89. The summed E-state index contributed by atoms with van der Waals surface area (Å²) in [6, 6.07) is 5.28. The van der Waals surface area contributed by atoms with Crippen LogP contribution >= 0.6 is 0 Å². The molecule has 33 heavy (non-hydrogen) atoms. The summed E-state index contributed by atoms with van der Waals surface area (Å²) in [5, 5.41) is 3.26. The van der Waals surface area contributed by atoms with E-state index in [4.69, 9.17) is 0 Å². The molecule has 4 N–H and O–H groups in total. The molecule has 4 aromatic rings. The Balaban J connectivity index is 1.79. The SMILES string of the molecule is CCCS(=O)(=O)Nc1ccc(F)c(C(=O)c2c[nH]c3ncnc(Nc4ccc[nH+]c4)c23)c1F. The zero-order chi connectivity index (χ0) is 23.6. The number of fused-ring (bicyclic) bond motifs is 1. The van der Waals surface area contributed by atoms with Crippen molar-refractivity contribution >= 4 is 44.0 Å². The van der Waals surface area contributed by atoms with E-state index in [0.29, 0.717) is 12.1 Å². The van der Waals surface area contributed by atoms with E-state index >= 15 is 4.39 Å². The minimum atomic E-state index is -3.86. The fourth-order valence-corrected chi connectivity index (χ4v) is 4.44. The molecule has 12 heteroatoms. The molecule has 0 spiro atoms. The Hall–Kier alpha value is -3.93. The Kier molecular flexibility index (Phi) is 6.01. The lowest BCUT2D eigenvalue weighted by molar-refractivity contribution is -0.377. The second-order valence-corrected chi connectivity index (χ2v) is 8.94. The number of benzene rings is 1. The maximum absolute atomic E-state index is 15.1. The third-order valence-electron chi connectivity index (χ3n) is 4.74. The highest BCUT2D eigenvalue weighted by Crippen LogP contribution is 2.30. The summed E-state index contributed by atoms with van der Waals surface area (Å²) < 4.78 is 55.9. The molecular weight excluding hydrogens is 454 g/mol. The van der Waals surface area contributed by atoms with Crippen LogP contribution < -0.4 is 15.0 Å². The number of carbonyl (C=O) groups excluding carboxylic acids is 1. The van der Waals surface area contributed by atoms with Crippen LogP contribution in [-0.2, 0) is 10.0 Å². The molecular formula is C21H19F2N6O3S+. The quantitative estimate of drug-likeness (QED) is 0.337. The van der Waals surface area contributed by atoms with Crippen molar-refractivity contribution in [3.63, 3.8) is 0 Å². The number of H-pyrrole nitrogens is 2. The number of ketones is 1. The first-order valence-corrected chi connectivity index (χ1v) is 11.5. The average molecular weight is 473 g/mol. The molecule has 0 fully saturated rings. The normalized spacial score (nSPS) is 11.5. The van der Waals surface area contributed by atoms with Gasteiger partial charge in [0.25, 0.3) is 0 Å². The molecule has 3 aromatic heterocycles. The Labute approximate surface area is 187 Å². The molecule has 0 radical (unpaired) electrons. The van der Waals surface area contributed by atoms with E-state index in [1.807, 2.05) is 0 Å². The van der Waals surface area contributed by atoms with Crippen LogP contribution in [0.2, 0.25) is 0 Å². The minimum absolute atomic E-state index is 0.0839. The van der Waals surface area contributed by atoms with Crippen LogP contribution in [0.4, 0.5) is 26.0 Å². The lowest BCUT2D eigenvalue weighted by Crippen LogP contribution is -2.18. The van der Waals surface area contributed by atoms with Crippen LogP contribution in [0.15, 0.2) is 49.2 Å². The third kappa shape index (κ3) is 4.51. The predicted molar refractivity (Wildman–Crippen MR) is 118 cm³/mol. The van der Waals surface area contributed by atoms with Crippen molar-refractivity contribution in [2.24, 2.45) is 0 Å². The van der Waals surface area contributed by atoms with Gasteiger partial charge in [-0.1, -0.05) is 6.92 Å². The number of nitrogens with one attached hydrogen (secondary N) is 4. The van der Waals surface area contributed by atoms with E-state index in [1.165, 1.54) is 12.5 Å². The van der Waals surface area contributed by atoms with E-state index in [0.717, 1.165) is 12.1 Å². The van der Waals surface area contributed by atoms with Gasteiger partial charge in [0.15, 0.2) is 18.2 Å². The van der Waals surface area contributed by atoms with Crippen LogP contribution in [0, 0.1) is 11.6 Å². The largest absolute Gasteiger partial charge is 0.345 e. The standard InChI is InChI=1S/C21H18F2N6O3S/c1-2-8-33(31,32)29-15-6-5-14(22)17(18(15)23)19(30)13-10-25-20-16(13)21(27-11-26-20)28-12-4-3-7-24-9-12/h3-7,9-11,29H,2,8H2,1H3,(H2,25,26,27,28)/p+1. The smallest absolute Gasteiger partial charge is 0.232 e. The molecule has 9 nitrogen and oxygen atoms in total. The second-order valence-electron chi connectivity index (χ2n) is 7.10. The van der Waals surface area contributed by atoms with Gasteiger partial charge in [-0.15, -0.1) is 0 Å². The van der Waals surface area contributed by atoms with E-state index < -0.39 is 38.7 Å². The molecule has 0 aliphatic rings. The van der Waals surface area contributed by atoms with E-state index in [2.05, 4.69) is 30.0 Å². The number of aromatic nitrogens is 4. The van der Waals surface area contributed by atoms with Crippen molar-refractivity contribution in [3.8, 4) is 0 Å². The van der Waals surface area contributed by atoms with E-state index in [9.17, 15) is 17.6 Å². The monoisotopic (exact) mass is 473 g/mol. The van der Waals surface area contributed by atoms with Crippen LogP contribution in [0.1, 0.15) is 29.3 Å². The van der Waals surface area contributed by atoms with Gasteiger partial charge in [-0.3, -0.25) is 9.52 Å². The Morgan fingerprint density at radius 3 is 2.76 bits per heavy atom. The molecule has 4 rings (SSSR count). The highest BCUT2D eigenvalue weighted by molar-refractivity contribution is 7.92. The summed E-state index contributed by atoms with van der Waals surface area (Å²) in [6.07, 6.45) is 6.21. The van der Waals surface area contributed by atoms with E-state index in [1.54, 1.807) is 31.5 Å². The van der Waals surface area contributed by atoms with Gasteiger partial charge in [-0.25, -0.2) is 32.2 Å². The van der Waals surface area contributed by atoms with Crippen LogP contribution in [0.25, 0.3) is 11.0 Å². The van der Waals surface area contributed by atoms with Crippen LogP contribution in [0.3, 0.4) is 0 Å². The van der Waals surface area contributed by atoms with Crippen LogP contribution in [-0.4, -0.2) is 34.9 Å². The molecule has 0 aliphatic heterocycles. The molecule has 1 aromatic carbocycles. The molecule has 3 heterocycles. The molecule has 0 saturated carbocycles. The molecule has 0 amide bonds. The Bertz CT molecular complexity index is 1440.